The lowest BCUT2D eigenvalue weighted by Crippen LogP contribution is -2.33. The van der Waals surface area contributed by atoms with Gasteiger partial charge in [0.2, 0.25) is 10.0 Å². The average Bonchev–Trinajstić information content (AvgIpc) is 2.87. The molecule has 102 valence electrons. The number of sulfonamides is 1. The van der Waals surface area contributed by atoms with E-state index < -0.39 is 10.0 Å². The molecule has 1 fully saturated rings. The van der Waals surface area contributed by atoms with Gasteiger partial charge in [-0.1, -0.05) is 0 Å². The fourth-order valence-electron chi connectivity index (χ4n) is 2.33. The number of nitrogens with zero attached hydrogens (tertiary/aromatic N) is 2. The molecule has 1 heterocycles. The SMILES string of the molecule is CNC1CCN(S(=O)(=O)c2ccc(C#N)cc2C)C1. The first kappa shape index (κ1) is 14.0. The van der Waals surface area contributed by atoms with Crippen LogP contribution in [0, 0.1) is 18.3 Å². The topological polar surface area (TPSA) is 73.2 Å². The van der Waals surface area contributed by atoms with Crippen molar-refractivity contribution in [3.63, 3.8) is 0 Å². The van der Waals surface area contributed by atoms with E-state index in [2.05, 4.69) is 5.32 Å². The molecule has 0 bridgehead atoms. The Balaban J connectivity index is 2.33. The maximum atomic E-state index is 12.5. The van der Waals surface area contributed by atoms with Crippen LogP contribution in [0.1, 0.15) is 17.5 Å². The van der Waals surface area contributed by atoms with Crippen molar-refractivity contribution in [1.29, 1.82) is 5.26 Å². The molecule has 1 aromatic carbocycles. The van der Waals surface area contributed by atoms with E-state index in [0.29, 0.717) is 29.1 Å². The Hall–Kier alpha value is -1.42. The maximum absolute atomic E-state index is 12.5. The van der Waals surface area contributed by atoms with Gasteiger partial charge in [-0.25, -0.2) is 8.42 Å². The molecule has 1 unspecified atom stereocenters. The van der Waals surface area contributed by atoms with Crippen LogP contribution in [-0.4, -0.2) is 38.9 Å². The standard InChI is InChI=1S/C13H17N3O2S/c1-10-7-11(8-14)3-4-13(10)19(17,18)16-6-5-12(9-16)15-2/h3-4,7,12,15H,5-6,9H2,1-2H3. The monoisotopic (exact) mass is 279 g/mol. The largest absolute Gasteiger partial charge is 0.316 e. The summed E-state index contributed by atoms with van der Waals surface area (Å²) in [5.41, 5.74) is 1.10. The summed E-state index contributed by atoms with van der Waals surface area (Å²) in [6, 6.07) is 6.91. The molecule has 0 spiro atoms. The molecule has 6 heteroatoms. The second kappa shape index (κ2) is 5.29. The summed E-state index contributed by atoms with van der Waals surface area (Å²) >= 11 is 0. The van der Waals surface area contributed by atoms with Crippen LogP contribution in [-0.2, 0) is 10.0 Å². The van der Waals surface area contributed by atoms with Crippen LogP contribution in [0.25, 0.3) is 0 Å². The van der Waals surface area contributed by atoms with Gasteiger partial charge >= 0.3 is 0 Å². The smallest absolute Gasteiger partial charge is 0.243 e. The number of nitrogens with one attached hydrogen (secondary N) is 1. The highest BCUT2D eigenvalue weighted by Crippen LogP contribution is 2.24. The van der Waals surface area contributed by atoms with E-state index in [0.717, 1.165) is 6.42 Å². The van der Waals surface area contributed by atoms with Gasteiger partial charge in [0.1, 0.15) is 0 Å². The molecule has 1 N–H and O–H groups in total. The highest BCUT2D eigenvalue weighted by atomic mass is 32.2. The lowest BCUT2D eigenvalue weighted by atomic mass is 10.2. The van der Waals surface area contributed by atoms with Crippen molar-refractivity contribution in [2.45, 2.75) is 24.3 Å². The first-order valence-corrected chi connectivity index (χ1v) is 7.61. The Morgan fingerprint density at radius 1 is 1.47 bits per heavy atom. The molecule has 0 aromatic heterocycles. The molecule has 5 nitrogen and oxygen atoms in total. The van der Waals surface area contributed by atoms with E-state index in [9.17, 15) is 8.42 Å². The maximum Gasteiger partial charge on any atom is 0.243 e. The second-order valence-corrected chi connectivity index (χ2v) is 6.64. The minimum atomic E-state index is -3.45. The molecule has 1 aliphatic rings. The van der Waals surface area contributed by atoms with E-state index in [4.69, 9.17) is 5.26 Å². The van der Waals surface area contributed by atoms with E-state index in [-0.39, 0.29) is 6.04 Å². The third kappa shape index (κ3) is 2.63. The molecule has 0 radical (unpaired) electrons. The van der Waals surface area contributed by atoms with Crippen LogP contribution in [0.4, 0.5) is 0 Å². The van der Waals surface area contributed by atoms with Crippen LogP contribution in [0.2, 0.25) is 0 Å². The molecule has 0 saturated carbocycles. The average molecular weight is 279 g/mol. The van der Waals surface area contributed by atoms with Gasteiger partial charge in [0, 0.05) is 19.1 Å². The van der Waals surface area contributed by atoms with Crippen LogP contribution in [0.15, 0.2) is 23.1 Å². The first-order chi connectivity index (χ1) is 8.98. The van der Waals surface area contributed by atoms with Crippen molar-refractivity contribution in [3.05, 3.63) is 29.3 Å². The Bertz CT molecular complexity index is 619. The lowest BCUT2D eigenvalue weighted by Gasteiger charge is -2.18. The van der Waals surface area contributed by atoms with Crippen LogP contribution in [0.3, 0.4) is 0 Å². The zero-order valence-electron chi connectivity index (χ0n) is 11.0. The summed E-state index contributed by atoms with van der Waals surface area (Å²) in [5.74, 6) is 0. The van der Waals surface area contributed by atoms with Crippen molar-refractivity contribution in [3.8, 4) is 6.07 Å². The normalized spacial score (nSPS) is 20.4. The van der Waals surface area contributed by atoms with Crippen LogP contribution >= 0.6 is 0 Å². The number of nitriles is 1. The minimum absolute atomic E-state index is 0.216. The zero-order chi connectivity index (χ0) is 14.0. The Morgan fingerprint density at radius 2 is 2.21 bits per heavy atom. The van der Waals surface area contributed by atoms with Crippen molar-refractivity contribution in [2.24, 2.45) is 0 Å². The van der Waals surface area contributed by atoms with Gasteiger partial charge < -0.3 is 5.32 Å². The number of aryl methyl sites for hydroxylation is 1. The molecule has 0 amide bonds. The van der Waals surface area contributed by atoms with E-state index in [1.165, 1.54) is 10.4 Å². The minimum Gasteiger partial charge on any atom is -0.316 e. The number of hydrogen-bond donors (Lipinski definition) is 1. The molecule has 1 saturated heterocycles. The van der Waals surface area contributed by atoms with Crippen LogP contribution < -0.4 is 5.32 Å². The predicted octanol–water partition coefficient (Wildman–Crippen LogP) is 0.849. The third-order valence-electron chi connectivity index (χ3n) is 3.48. The molecular formula is C13H17N3O2S. The second-order valence-electron chi connectivity index (χ2n) is 4.73. The summed E-state index contributed by atoms with van der Waals surface area (Å²) in [7, 11) is -1.61. The lowest BCUT2D eigenvalue weighted by molar-refractivity contribution is 0.464. The van der Waals surface area contributed by atoms with E-state index in [1.54, 1.807) is 19.1 Å². The first-order valence-electron chi connectivity index (χ1n) is 6.17. The number of hydrogen-bond acceptors (Lipinski definition) is 4. The molecule has 0 aliphatic carbocycles. The number of rotatable bonds is 3. The van der Waals surface area contributed by atoms with Gasteiger partial charge in [0.25, 0.3) is 0 Å². The van der Waals surface area contributed by atoms with Gasteiger partial charge in [-0.05, 0) is 44.2 Å². The molecule has 1 aromatic rings. The van der Waals surface area contributed by atoms with Crippen molar-refractivity contribution in [1.82, 2.24) is 9.62 Å². The van der Waals surface area contributed by atoms with Gasteiger partial charge in [-0.3, -0.25) is 0 Å². The highest BCUT2D eigenvalue weighted by molar-refractivity contribution is 7.89. The summed E-state index contributed by atoms with van der Waals surface area (Å²) < 4.78 is 26.6. The number of likely N-dealkylation sites (N-methyl/N-ethyl adjacent to an activating group) is 1. The Morgan fingerprint density at radius 3 is 2.74 bits per heavy atom. The van der Waals surface area contributed by atoms with E-state index >= 15 is 0 Å². The number of benzene rings is 1. The van der Waals surface area contributed by atoms with Crippen molar-refractivity contribution < 1.29 is 8.42 Å². The van der Waals surface area contributed by atoms with E-state index in [1.807, 2.05) is 13.1 Å². The Kier molecular flexibility index (Phi) is 3.90. The Labute approximate surface area is 113 Å². The van der Waals surface area contributed by atoms with Gasteiger partial charge in [0.15, 0.2) is 0 Å². The fraction of sp³-hybridized carbons (Fsp3) is 0.462. The highest BCUT2D eigenvalue weighted by Gasteiger charge is 2.32. The van der Waals surface area contributed by atoms with Gasteiger partial charge in [-0.15, -0.1) is 0 Å². The summed E-state index contributed by atoms with van der Waals surface area (Å²) in [6.07, 6.45) is 0.824. The summed E-state index contributed by atoms with van der Waals surface area (Å²) in [6.45, 7) is 2.75. The molecule has 1 atom stereocenters. The van der Waals surface area contributed by atoms with Gasteiger partial charge in [0.05, 0.1) is 16.5 Å². The zero-order valence-corrected chi connectivity index (χ0v) is 11.9. The summed E-state index contributed by atoms with van der Waals surface area (Å²) in [4.78, 5) is 0.295. The molecule has 19 heavy (non-hydrogen) atoms. The molecule has 2 rings (SSSR count). The summed E-state index contributed by atoms with van der Waals surface area (Å²) in [5, 5.41) is 11.9. The fourth-order valence-corrected chi connectivity index (χ4v) is 4.04. The molecular weight excluding hydrogens is 262 g/mol. The molecule has 1 aliphatic heterocycles. The van der Waals surface area contributed by atoms with Gasteiger partial charge in [-0.2, -0.15) is 9.57 Å². The quantitative estimate of drug-likeness (QED) is 0.890. The predicted molar refractivity (Wildman–Crippen MR) is 72.1 cm³/mol. The third-order valence-corrected chi connectivity index (χ3v) is 5.51. The van der Waals surface area contributed by atoms with Crippen molar-refractivity contribution in [2.75, 3.05) is 20.1 Å². The van der Waals surface area contributed by atoms with Crippen LogP contribution in [0.5, 0.6) is 0 Å². The van der Waals surface area contributed by atoms with Crippen molar-refractivity contribution >= 4 is 10.0 Å².